The maximum absolute atomic E-state index is 13.2. The molecule has 1 saturated heterocycles. The van der Waals surface area contributed by atoms with Crippen LogP contribution in [0.15, 0.2) is 82.4 Å². The predicted octanol–water partition coefficient (Wildman–Crippen LogP) is 3.35. The molecule has 1 amide bonds. The van der Waals surface area contributed by atoms with E-state index in [2.05, 4.69) is 4.90 Å². The monoisotopic (exact) mass is 506 g/mol. The first-order chi connectivity index (χ1) is 17.4. The molecule has 2 heterocycles. The van der Waals surface area contributed by atoms with Gasteiger partial charge in [0.15, 0.2) is 0 Å². The highest BCUT2D eigenvalue weighted by Gasteiger charge is 2.23. The Kier molecular flexibility index (Phi) is 6.61. The first kappa shape index (κ1) is 23.8. The standard InChI is InChI=1S/C27H24ClFN4O3/c28-20-7-5-19(6-8-20)17-32-23-3-1-2-4-24(23)33(27(36)26(32)35)18-25(34)31-15-13-30(14-16-31)22-11-9-21(29)10-12-22/h1-12H,13-18H2. The number of halogens is 2. The van der Waals surface area contributed by atoms with Crippen LogP contribution >= 0.6 is 11.6 Å². The van der Waals surface area contributed by atoms with E-state index in [0.717, 1.165) is 11.3 Å². The van der Waals surface area contributed by atoms with Crippen LogP contribution in [0.1, 0.15) is 5.56 Å². The number of para-hydroxylation sites is 2. The Morgan fingerprint density at radius 3 is 2.00 bits per heavy atom. The van der Waals surface area contributed by atoms with Crippen molar-refractivity contribution in [2.45, 2.75) is 13.1 Å². The molecule has 3 aromatic carbocycles. The van der Waals surface area contributed by atoms with Gasteiger partial charge in [0.1, 0.15) is 12.4 Å². The fourth-order valence-corrected chi connectivity index (χ4v) is 4.68. The predicted molar refractivity (Wildman–Crippen MR) is 138 cm³/mol. The molecule has 0 spiro atoms. The molecule has 0 aliphatic carbocycles. The van der Waals surface area contributed by atoms with Gasteiger partial charge in [0.25, 0.3) is 0 Å². The molecule has 5 rings (SSSR count). The van der Waals surface area contributed by atoms with Crippen LogP contribution in [-0.4, -0.2) is 46.1 Å². The molecule has 0 bridgehead atoms. The van der Waals surface area contributed by atoms with Gasteiger partial charge in [0.05, 0.1) is 17.6 Å². The average Bonchev–Trinajstić information content (AvgIpc) is 2.90. The van der Waals surface area contributed by atoms with Crippen molar-refractivity contribution in [2.75, 3.05) is 31.1 Å². The van der Waals surface area contributed by atoms with Crippen LogP contribution in [0.4, 0.5) is 10.1 Å². The molecule has 0 saturated carbocycles. The van der Waals surface area contributed by atoms with Gasteiger partial charge in [0, 0.05) is 36.9 Å². The lowest BCUT2D eigenvalue weighted by atomic mass is 10.2. The number of hydrogen-bond acceptors (Lipinski definition) is 4. The molecular weight excluding hydrogens is 483 g/mol. The summed E-state index contributed by atoms with van der Waals surface area (Å²) in [6.07, 6.45) is 0. The first-order valence-electron chi connectivity index (χ1n) is 11.7. The Hall–Kier alpha value is -3.91. The zero-order valence-electron chi connectivity index (χ0n) is 19.4. The van der Waals surface area contributed by atoms with E-state index in [0.29, 0.717) is 42.2 Å². The van der Waals surface area contributed by atoms with Crippen molar-refractivity contribution in [1.29, 1.82) is 0 Å². The summed E-state index contributed by atoms with van der Waals surface area (Å²) in [5.41, 5.74) is 1.41. The van der Waals surface area contributed by atoms with Crippen molar-refractivity contribution >= 4 is 34.2 Å². The zero-order valence-corrected chi connectivity index (χ0v) is 20.2. The van der Waals surface area contributed by atoms with E-state index in [1.165, 1.54) is 21.3 Å². The number of piperazine rings is 1. The van der Waals surface area contributed by atoms with Gasteiger partial charge in [-0.1, -0.05) is 35.9 Å². The minimum atomic E-state index is -0.735. The van der Waals surface area contributed by atoms with E-state index in [1.54, 1.807) is 53.4 Å². The second-order valence-electron chi connectivity index (χ2n) is 8.74. The van der Waals surface area contributed by atoms with Crippen LogP contribution in [0, 0.1) is 5.82 Å². The van der Waals surface area contributed by atoms with E-state index >= 15 is 0 Å². The molecule has 1 aromatic heterocycles. The largest absolute Gasteiger partial charge is 0.368 e. The van der Waals surface area contributed by atoms with Gasteiger partial charge in [-0.15, -0.1) is 0 Å². The van der Waals surface area contributed by atoms with E-state index in [4.69, 9.17) is 11.6 Å². The number of aromatic nitrogens is 2. The SMILES string of the molecule is O=C(Cn1c(=O)c(=O)n(Cc2ccc(Cl)cc2)c2ccccc21)N1CCN(c2ccc(F)cc2)CC1. The molecule has 4 aromatic rings. The molecular formula is C27H24ClFN4O3. The van der Waals surface area contributed by atoms with Crippen LogP contribution in [0.5, 0.6) is 0 Å². The molecule has 9 heteroatoms. The number of fused-ring (bicyclic) bond motifs is 1. The van der Waals surface area contributed by atoms with Crippen LogP contribution in [0.2, 0.25) is 5.02 Å². The number of hydrogen-bond donors (Lipinski definition) is 0. The maximum atomic E-state index is 13.2. The summed E-state index contributed by atoms with van der Waals surface area (Å²) in [6, 6.07) is 20.5. The smallest absolute Gasteiger partial charge is 0.317 e. The third-order valence-corrected chi connectivity index (χ3v) is 6.76. The summed E-state index contributed by atoms with van der Waals surface area (Å²) in [4.78, 5) is 43.2. The van der Waals surface area contributed by atoms with Gasteiger partial charge < -0.3 is 9.80 Å². The summed E-state index contributed by atoms with van der Waals surface area (Å²) < 4.78 is 15.9. The number of carbonyl (C=O) groups is 1. The fourth-order valence-electron chi connectivity index (χ4n) is 4.56. The van der Waals surface area contributed by atoms with E-state index in [9.17, 15) is 18.8 Å². The second kappa shape index (κ2) is 9.99. The van der Waals surface area contributed by atoms with Gasteiger partial charge in [-0.25, -0.2) is 4.39 Å². The minimum absolute atomic E-state index is 0.214. The zero-order chi connectivity index (χ0) is 25.2. The number of carbonyl (C=O) groups excluding carboxylic acids is 1. The van der Waals surface area contributed by atoms with Crippen molar-refractivity contribution in [3.63, 3.8) is 0 Å². The van der Waals surface area contributed by atoms with Gasteiger partial charge in [0.2, 0.25) is 5.91 Å². The van der Waals surface area contributed by atoms with Crippen LogP contribution in [0.3, 0.4) is 0 Å². The minimum Gasteiger partial charge on any atom is -0.368 e. The van der Waals surface area contributed by atoms with E-state index in [1.807, 2.05) is 12.1 Å². The summed E-state index contributed by atoms with van der Waals surface area (Å²) in [5.74, 6) is -0.517. The molecule has 0 radical (unpaired) electrons. The molecule has 0 atom stereocenters. The molecule has 1 aliphatic rings. The maximum Gasteiger partial charge on any atom is 0.317 e. The fraction of sp³-hybridized carbons (Fsp3) is 0.222. The Morgan fingerprint density at radius 2 is 1.36 bits per heavy atom. The molecule has 7 nitrogen and oxygen atoms in total. The van der Waals surface area contributed by atoms with Gasteiger partial charge in [-0.2, -0.15) is 0 Å². The molecule has 0 N–H and O–H groups in total. The van der Waals surface area contributed by atoms with Crippen molar-refractivity contribution in [3.05, 3.63) is 110 Å². The summed E-state index contributed by atoms with van der Waals surface area (Å²) in [5, 5.41) is 0.586. The number of benzene rings is 3. The van der Waals surface area contributed by atoms with Crippen molar-refractivity contribution in [2.24, 2.45) is 0 Å². The molecule has 36 heavy (non-hydrogen) atoms. The lowest BCUT2D eigenvalue weighted by Gasteiger charge is -2.36. The number of anilines is 1. The Bertz CT molecular complexity index is 1520. The third-order valence-electron chi connectivity index (χ3n) is 6.51. The molecule has 1 aliphatic heterocycles. The summed E-state index contributed by atoms with van der Waals surface area (Å²) in [7, 11) is 0. The van der Waals surface area contributed by atoms with Crippen molar-refractivity contribution in [1.82, 2.24) is 14.0 Å². The van der Waals surface area contributed by atoms with Gasteiger partial charge in [-0.05, 0) is 54.1 Å². The highest BCUT2D eigenvalue weighted by atomic mass is 35.5. The number of rotatable bonds is 5. The molecule has 184 valence electrons. The van der Waals surface area contributed by atoms with Gasteiger partial charge >= 0.3 is 11.1 Å². The number of amides is 1. The number of nitrogens with zero attached hydrogens (tertiary/aromatic N) is 4. The highest BCUT2D eigenvalue weighted by Crippen LogP contribution is 2.18. The lowest BCUT2D eigenvalue weighted by Crippen LogP contribution is -2.51. The summed E-state index contributed by atoms with van der Waals surface area (Å²) >= 11 is 5.97. The van der Waals surface area contributed by atoms with Crippen LogP contribution < -0.4 is 16.0 Å². The summed E-state index contributed by atoms with van der Waals surface area (Å²) in [6.45, 7) is 2.12. The topological polar surface area (TPSA) is 67.5 Å². The van der Waals surface area contributed by atoms with E-state index in [-0.39, 0.29) is 24.8 Å². The first-order valence-corrected chi connectivity index (χ1v) is 12.0. The Labute approximate surface area is 211 Å². The quantitative estimate of drug-likeness (QED) is 0.389. The van der Waals surface area contributed by atoms with Crippen molar-refractivity contribution in [3.8, 4) is 0 Å². The lowest BCUT2D eigenvalue weighted by molar-refractivity contribution is -0.132. The normalized spacial score (nSPS) is 13.8. The van der Waals surface area contributed by atoms with E-state index < -0.39 is 11.1 Å². The van der Waals surface area contributed by atoms with Crippen LogP contribution in [0.25, 0.3) is 11.0 Å². The second-order valence-corrected chi connectivity index (χ2v) is 9.18. The van der Waals surface area contributed by atoms with Crippen molar-refractivity contribution < 1.29 is 9.18 Å². The van der Waals surface area contributed by atoms with Crippen LogP contribution in [-0.2, 0) is 17.9 Å². The van der Waals surface area contributed by atoms with Gasteiger partial charge in [-0.3, -0.25) is 23.5 Å². The highest BCUT2D eigenvalue weighted by molar-refractivity contribution is 6.30. The third kappa shape index (κ3) is 4.77. The Morgan fingerprint density at radius 1 is 0.778 bits per heavy atom. The molecule has 1 fully saturated rings. The Balaban J connectivity index is 1.38. The average molecular weight is 507 g/mol. The molecule has 0 unspecified atom stereocenters.